The third kappa shape index (κ3) is 2.89. The van der Waals surface area contributed by atoms with Gasteiger partial charge in [-0.2, -0.15) is 11.8 Å². The van der Waals surface area contributed by atoms with Crippen LogP contribution in [0.3, 0.4) is 0 Å². The molecule has 1 aromatic rings. The van der Waals surface area contributed by atoms with E-state index in [2.05, 4.69) is 16.6 Å². The summed E-state index contributed by atoms with van der Waals surface area (Å²) in [6.45, 7) is 0.806. The summed E-state index contributed by atoms with van der Waals surface area (Å²) in [7, 11) is 0. The van der Waals surface area contributed by atoms with E-state index in [9.17, 15) is 9.90 Å². The lowest BCUT2D eigenvalue weighted by Crippen LogP contribution is -2.31. The van der Waals surface area contributed by atoms with Crippen molar-refractivity contribution >= 4 is 23.5 Å². The van der Waals surface area contributed by atoms with Gasteiger partial charge in [0.05, 0.1) is 0 Å². The topological polar surface area (TPSA) is 62.2 Å². The quantitative estimate of drug-likeness (QED) is 0.873. The summed E-state index contributed by atoms with van der Waals surface area (Å²) in [5.74, 6) is -0.326. The molecule has 0 aromatic carbocycles. The summed E-state index contributed by atoms with van der Waals surface area (Å²) in [5.41, 5.74) is 2.51. The van der Waals surface area contributed by atoms with Gasteiger partial charge in [-0.05, 0) is 50.0 Å². The highest BCUT2D eigenvalue weighted by atomic mass is 32.2. The summed E-state index contributed by atoms with van der Waals surface area (Å²) >= 11 is 1.90. The third-order valence-corrected chi connectivity index (χ3v) is 6.23. The van der Waals surface area contributed by atoms with Crippen molar-refractivity contribution in [3.63, 3.8) is 0 Å². The fourth-order valence-electron chi connectivity index (χ4n) is 3.49. The number of nitrogens with one attached hydrogen (secondary N) is 1. The van der Waals surface area contributed by atoms with Crippen LogP contribution in [0.15, 0.2) is 6.07 Å². The van der Waals surface area contributed by atoms with Crippen molar-refractivity contribution in [1.29, 1.82) is 0 Å². The Morgan fingerprint density at radius 3 is 2.81 bits per heavy atom. The van der Waals surface area contributed by atoms with Gasteiger partial charge >= 0.3 is 5.97 Å². The Morgan fingerprint density at radius 1 is 1.38 bits per heavy atom. The molecule has 0 aliphatic heterocycles. The number of hydrogen-bond acceptors (Lipinski definition) is 4. The molecule has 0 atom stereocenters. The van der Waals surface area contributed by atoms with Gasteiger partial charge in [-0.1, -0.05) is 12.8 Å². The van der Waals surface area contributed by atoms with Crippen LogP contribution >= 0.6 is 11.8 Å². The predicted molar refractivity (Wildman–Crippen MR) is 86.4 cm³/mol. The summed E-state index contributed by atoms with van der Waals surface area (Å²) < 4.78 is 0.246. The highest BCUT2D eigenvalue weighted by Gasteiger charge is 2.33. The molecule has 0 amide bonds. The van der Waals surface area contributed by atoms with Crippen LogP contribution < -0.4 is 5.32 Å². The molecule has 0 spiro atoms. The summed E-state index contributed by atoms with van der Waals surface area (Å²) in [5, 5.41) is 12.8. The van der Waals surface area contributed by atoms with Crippen LogP contribution in [0.5, 0.6) is 0 Å². The first-order valence-corrected chi connectivity index (χ1v) is 8.91. The van der Waals surface area contributed by atoms with Crippen LogP contribution in [0, 0.1) is 0 Å². The van der Waals surface area contributed by atoms with E-state index in [-0.39, 0.29) is 4.75 Å². The zero-order chi connectivity index (χ0) is 14.9. The number of carbonyl (C=O) groups is 1. The summed E-state index contributed by atoms with van der Waals surface area (Å²) in [6.07, 6.45) is 10.1. The maximum absolute atomic E-state index is 11.5. The van der Waals surface area contributed by atoms with E-state index in [0.717, 1.165) is 37.1 Å². The van der Waals surface area contributed by atoms with Gasteiger partial charge in [-0.3, -0.25) is 0 Å². The van der Waals surface area contributed by atoms with E-state index in [1.165, 1.54) is 25.7 Å². The monoisotopic (exact) mass is 306 g/mol. The van der Waals surface area contributed by atoms with Crippen molar-refractivity contribution < 1.29 is 9.90 Å². The van der Waals surface area contributed by atoms with Crippen molar-refractivity contribution in [1.82, 2.24) is 4.98 Å². The average molecular weight is 306 g/mol. The number of rotatable bonds is 5. The molecule has 1 fully saturated rings. The van der Waals surface area contributed by atoms with Gasteiger partial charge in [-0.15, -0.1) is 0 Å². The molecule has 1 heterocycles. The normalized spacial score (nSPS) is 19.5. The molecule has 0 bridgehead atoms. The summed E-state index contributed by atoms with van der Waals surface area (Å²) in [4.78, 5) is 16.1. The van der Waals surface area contributed by atoms with Crippen molar-refractivity contribution in [2.24, 2.45) is 0 Å². The number of carboxylic acids is 1. The maximum atomic E-state index is 11.5. The Kier molecular flexibility index (Phi) is 4.11. The number of thioether (sulfide) groups is 1. The lowest BCUT2D eigenvalue weighted by molar-refractivity contribution is 0.0697. The van der Waals surface area contributed by atoms with Gasteiger partial charge in [-0.25, -0.2) is 9.78 Å². The van der Waals surface area contributed by atoms with E-state index < -0.39 is 5.97 Å². The molecule has 2 N–H and O–H groups in total. The second-order valence-corrected chi connectivity index (χ2v) is 7.37. The number of fused-ring (bicyclic) bond motifs is 1. The highest BCUT2D eigenvalue weighted by Crippen LogP contribution is 2.40. The van der Waals surface area contributed by atoms with Crippen molar-refractivity contribution in [3.05, 3.63) is 22.9 Å². The number of aromatic nitrogens is 1. The first-order chi connectivity index (χ1) is 10.1. The van der Waals surface area contributed by atoms with E-state index in [1.54, 1.807) is 0 Å². The van der Waals surface area contributed by atoms with E-state index >= 15 is 0 Å². The van der Waals surface area contributed by atoms with Gasteiger partial charge in [0.2, 0.25) is 0 Å². The number of aryl methyl sites for hydroxylation is 2. The second-order valence-electron chi connectivity index (χ2n) is 6.10. The van der Waals surface area contributed by atoms with Gasteiger partial charge in [0.1, 0.15) is 11.4 Å². The second kappa shape index (κ2) is 5.87. The minimum Gasteiger partial charge on any atom is -0.478 e. The molecule has 2 aliphatic rings. The minimum atomic E-state index is -0.885. The Balaban J connectivity index is 1.82. The fraction of sp³-hybridized carbons (Fsp3) is 0.625. The fourth-order valence-corrected chi connectivity index (χ4v) is 4.40. The zero-order valence-corrected chi connectivity index (χ0v) is 13.3. The molecule has 0 unspecified atom stereocenters. The zero-order valence-electron chi connectivity index (χ0n) is 12.4. The molecule has 2 aliphatic carbocycles. The Hall–Kier alpha value is -1.23. The molecule has 1 saturated carbocycles. The first kappa shape index (κ1) is 14.7. The Morgan fingerprint density at radius 2 is 2.14 bits per heavy atom. The lowest BCUT2D eigenvalue weighted by Gasteiger charge is -2.27. The largest absolute Gasteiger partial charge is 0.478 e. The molecule has 1 aromatic heterocycles. The van der Waals surface area contributed by atoms with Crippen LogP contribution in [-0.2, 0) is 12.8 Å². The predicted octanol–water partition coefficient (Wildman–Crippen LogP) is 3.36. The maximum Gasteiger partial charge on any atom is 0.339 e. The minimum absolute atomic E-state index is 0.246. The van der Waals surface area contributed by atoms with Gasteiger partial charge in [0.25, 0.3) is 0 Å². The lowest BCUT2D eigenvalue weighted by atomic mass is 10.1. The molecule has 5 heteroatoms. The van der Waals surface area contributed by atoms with Crippen LogP contribution in [-0.4, -0.2) is 33.6 Å². The summed E-state index contributed by atoms with van der Waals surface area (Å²) in [6, 6.07) is 1.82. The van der Waals surface area contributed by atoms with Gasteiger partial charge in [0, 0.05) is 17.0 Å². The van der Waals surface area contributed by atoms with Crippen molar-refractivity contribution in [3.8, 4) is 0 Å². The number of aromatic carboxylic acids is 1. The molecular formula is C16H22N2O2S. The SMILES string of the molecule is CSC1(CNc2nc3c(cc2C(=O)O)CCC3)CCCC1. The van der Waals surface area contributed by atoms with Gasteiger partial charge < -0.3 is 10.4 Å². The number of carboxylic acid groups (broad SMARTS) is 1. The first-order valence-electron chi connectivity index (χ1n) is 7.69. The number of hydrogen-bond donors (Lipinski definition) is 2. The van der Waals surface area contributed by atoms with Crippen molar-refractivity contribution in [2.75, 3.05) is 18.1 Å². The van der Waals surface area contributed by atoms with E-state index in [1.807, 2.05) is 17.8 Å². The Bertz CT molecular complexity index is 553. The third-order valence-electron chi connectivity index (χ3n) is 4.81. The number of anilines is 1. The standard InChI is InChI=1S/C16H22N2O2S/c1-21-16(7-2-3-8-16)10-17-14-12(15(19)20)9-11-5-4-6-13(11)18-14/h9H,2-8,10H2,1H3,(H,17,18)(H,19,20). The molecule has 114 valence electrons. The molecule has 0 saturated heterocycles. The van der Waals surface area contributed by atoms with Crippen LogP contribution in [0.4, 0.5) is 5.82 Å². The molecule has 21 heavy (non-hydrogen) atoms. The van der Waals surface area contributed by atoms with E-state index in [0.29, 0.717) is 11.4 Å². The average Bonchev–Trinajstić information content (AvgIpc) is 3.13. The van der Waals surface area contributed by atoms with Crippen LogP contribution in [0.25, 0.3) is 0 Å². The number of pyridine rings is 1. The van der Waals surface area contributed by atoms with Crippen LogP contribution in [0.2, 0.25) is 0 Å². The Labute approximate surface area is 129 Å². The smallest absolute Gasteiger partial charge is 0.339 e. The molecule has 0 radical (unpaired) electrons. The van der Waals surface area contributed by atoms with E-state index in [4.69, 9.17) is 0 Å². The number of nitrogens with zero attached hydrogens (tertiary/aromatic N) is 1. The van der Waals surface area contributed by atoms with Gasteiger partial charge in [0.15, 0.2) is 0 Å². The molecule has 4 nitrogen and oxygen atoms in total. The van der Waals surface area contributed by atoms with Crippen LogP contribution in [0.1, 0.15) is 53.7 Å². The van der Waals surface area contributed by atoms with Crippen molar-refractivity contribution in [2.45, 2.75) is 49.7 Å². The highest BCUT2D eigenvalue weighted by molar-refractivity contribution is 8.00. The molecule has 3 rings (SSSR count). The molecular weight excluding hydrogens is 284 g/mol.